The molecule has 2 aromatic rings. The second-order valence-corrected chi connectivity index (χ2v) is 7.16. The van der Waals surface area contributed by atoms with E-state index in [4.69, 9.17) is 0 Å². The van der Waals surface area contributed by atoms with E-state index in [9.17, 15) is 14.0 Å². The molecule has 0 radical (unpaired) electrons. The van der Waals surface area contributed by atoms with Gasteiger partial charge in [-0.3, -0.25) is 9.59 Å². The smallest absolute Gasteiger partial charge is 0.256 e. The van der Waals surface area contributed by atoms with Crippen LogP contribution >= 0.6 is 0 Å². The van der Waals surface area contributed by atoms with Crippen LogP contribution in [0.3, 0.4) is 0 Å². The van der Waals surface area contributed by atoms with Crippen molar-refractivity contribution in [3.63, 3.8) is 0 Å². The Morgan fingerprint density at radius 3 is 2.62 bits per heavy atom. The van der Waals surface area contributed by atoms with E-state index in [1.807, 2.05) is 25.2 Å². The molecule has 1 fully saturated rings. The summed E-state index contributed by atoms with van der Waals surface area (Å²) in [6.45, 7) is 1.71. The first-order valence-corrected chi connectivity index (χ1v) is 8.97. The lowest BCUT2D eigenvalue weighted by molar-refractivity contribution is -0.124. The Hall–Kier alpha value is -2.53. The van der Waals surface area contributed by atoms with Gasteiger partial charge in [0.1, 0.15) is 11.6 Å². The second-order valence-electron chi connectivity index (χ2n) is 7.16. The molecule has 134 valence electrons. The number of halogens is 1. The molecule has 2 aliphatic rings. The first-order chi connectivity index (χ1) is 12.6. The number of nitrogens with zero attached hydrogens (tertiary/aromatic N) is 1. The third kappa shape index (κ3) is 2.82. The van der Waals surface area contributed by atoms with Crippen LogP contribution in [0.2, 0.25) is 0 Å². The fraction of sp³-hybridized carbons (Fsp3) is 0.333. The van der Waals surface area contributed by atoms with Gasteiger partial charge in [0.05, 0.1) is 5.92 Å². The van der Waals surface area contributed by atoms with Gasteiger partial charge in [-0.25, -0.2) is 4.39 Å². The monoisotopic (exact) mass is 352 g/mol. The number of carbonyl (C=O) groups is 2. The fourth-order valence-electron chi connectivity index (χ4n) is 4.06. The Balaban J connectivity index is 1.86. The molecule has 4 rings (SSSR count). The Bertz CT molecular complexity index is 872. The number of rotatable bonds is 2. The molecule has 2 aromatic carbocycles. The van der Waals surface area contributed by atoms with E-state index in [-0.39, 0.29) is 28.7 Å². The molecule has 1 atom stereocenters. The van der Waals surface area contributed by atoms with Gasteiger partial charge in [0.15, 0.2) is 0 Å². The van der Waals surface area contributed by atoms with Crippen molar-refractivity contribution in [3.05, 3.63) is 65.0 Å². The summed E-state index contributed by atoms with van der Waals surface area (Å²) in [5, 5.41) is 2.83. The van der Waals surface area contributed by atoms with Gasteiger partial charge in [0.2, 0.25) is 0 Å². The SMILES string of the molecule is CN1CCC(C(=O)C2c3ccccc3NC(=O)c3cccc(F)c32)CC1. The predicted octanol–water partition coefficient (Wildman–Crippen LogP) is 3.43. The van der Waals surface area contributed by atoms with Crippen molar-refractivity contribution in [1.29, 1.82) is 0 Å². The van der Waals surface area contributed by atoms with E-state index in [1.165, 1.54) is 12.1 Å². The van der Waals surface area contributed by atoms with Crippen molar-refractivity contribution < 1.29 is 14.0 Å². The molecule has 4 nitrogen and oxygen atoms in total. The van der Waals surface area contributed by atoms with Crippen LogP contribution in [0.25, 0.3) is 0 Å². The number of para-hydroxylation sites is 1. The van der Waals surface area contributed by atoms with Gasteiger partial charge in [-0.05, 0) is 56.7 Å². The van der Waals surface area contributed by atoms with Gasteiger partial charge in [-0.2, -0.15) is 0 Å². The molecular weight excluding hydrogens is 331 g/mol. The highest BCUT2D eigenvalue weighted by Gasteiger charge is 2.38. The maximum Gasteiger partial charge on any atom is 0.256 e. The minimum absolute atomic E-state index is 0.00778. The highest BCUT2D eigenvalue weighted by molar-refractivity contribution is 6.10. The molecule has 0 saturated carbocycles. The molecule has 1 unspecified atom stereocenters. The minimum atomic E-state index is -0.755. The predicted molar refractivity (Wildman–Crippen MR) is 97.9 cm³/mol. The average molecular weight is 352 g/mol. The lowest BCUT2D eigenvalue weighted by atomic mass is 9.77. The minimum Gasteiger partial charge on any atom is -0.322 e. The van der Waals surface area contributed by atoms with Crippen LogP contribution in [0.5, 0.6) is 0 Å². The summed E-state index contributed by atoms with van der Waals surface area (Å²) in [6, 6.07) is 11.7. The highest BCUT2D eigenvalue weighted by Crippen LogP contribution is 2.40. The van der Waals surface area contributed by atoms with Crippen LogP contribution in [-0.4, -0.2) is 36.7 Å². The van der Waals surface area contributed by atoms with Crippen molar-refractivity contribution in [2.24, 2.45) is 5.92 Å². The van der Waals surface area contributed by atoms with Crippen LogP contribution in [0, 0.1) is 11.7 Å². The number of fused-ring (bicyclic) bond motifs is 2. The summed E-state index contributed by atoms with van der Waals surface area (Å²) in [5.74, 6) is -1.74. The summed E-state index contributed by atoms with van der Waals surface area (Å²) in [7, 11) is 2.04. The topological polar surface area (TPSA) is 49.4 Å². The number of likely N-dealkylation sites (tertiary alicyclic amines) is 1. The molecule has 1 amide bonds. The van der Waals surface area contributed by atoms with Crippen molar-refractivity contribution in [2.75, 3.05) is 25.5 Å². The molecular formula is C21H21FN2O2. The van der Waals surface area contributed by atoms with Crippen molar-refractivity contribution in [2.45, 2.75) is 18.8 Å². The van der Waals surface area contributed by atoms with E-state index < -0.39 is 11.7 Å². The Kier molecular flexibility index (Phi) is 4.32. The lowest BCUT2D eigenvalue weighted by Crippen LogP contribution is -2.36. The summed E-state index contributed by atoms with van der Waals surface area (Å²) >= 11 is 0. The largest absolute Gasteiger partial charge is 0.322 e. The number of hydrogen-bond donors (Lipinski definition) is 1. The number of Topliss-reactive ketones (excluding diaryl/α,β-unsaturated/α-hetero) is 1. The fourth-order valence-corrected chi connectivity index (χ4v) is 4.06. The number of amides is 1. The zero-order chi connectivity index (χ0) is 18.3. The molecule has 0 spiro atoms. The molecule has 2 aliphatic heterocycles. The maximum absolute atomic E-state index is 14.8. The zero-order valence-electron chi connectivity index (χ0n) is 14.7. The number of benzene rings is 2. The number of carbonyl (C=O) groups excluding carboxylic acids is 2. The van der Waals surface area contributed by atoms with Gasteiger partial charge in [-0.1, -0.05) is 24.3 Å². The zero-order valence-corrected chi connectivity index (χ0v) is 14.7. The number of anilines is 1. The van der Waals surface area contributed by atoms with Crippen molar-refractivity contribution in [1.82, 2.24) is 4.90 Å². The Labute approximate surface area is 152 Å². The molecule has 5 heteroatoms. The molecule has 0 aliphatic carbocycles. The van der Waals surface area contributed by atoms with Crippen molar-refractivity contribution in [3.8, 4) is 0 Å². The molecule has 0 bridgehead atoms. The lowest BCUT2D eigenvalue weighted by Gasteiger charge is -2.31. The van der Waals surface area contributed by atoms with Crippen LogP contribution in [0.4, 0.5) is 10.1 Å². The van der Waals surface area contributed by atoms with E-state index in [0.29, 0.717) is 11.3 Å². The first kappa shape index (κ1) is 16.9. The summed E-state index contributed by atoms with van der Waals surface area (Å²) < 4.78 is 14.8. The van der Waals surface area contributed by atoms with E-state index >= 15 is 0 Å². The van der Waals surface area contributed by atoms with Crippen LogP contribution in [0.1, 0.15) is 40.2 Å². The number of nitrogens with one attached hydrogen (secondary N) is 1. The Morgan fingerprint density at radius 1 is 1.12 bits per heavy atom. The third-order valence-electron chi connectivity index (χ3n) is 5.51. The summed E-state index contributed by atoms with van der Waals surface area (Å²) in [6.07, 6.45) is 1.53. The average Bonchev–Trinajstić information content (AvgIpc) is 2.77. The van der Waals surface area contributed by atoms with Gasteiger partial charge in [0, 0.05) is 22.7 Å². The van der Waals surface area contributed by atoms with Gasteiger partial charge in [0.25, 0.3) is 5.91 Å². The number of piperidine rings is 1. The molecule has 1 saturated heterocycles. The van der Waals surface area contributed by atoms with Gasteiger partial charge < -0.3 is 10.2 Å². The Morgan fingerprint density at radius 2 is 1.85 bits per heavy atom. The molecule has 1 N–H and O–H groups in total. The highest BCUT2D eigenvalue weighted by atomic mass is 19.1. The van der Waals surface area contributed by atoms with Crippen LogP contribution in [-0.2, 0) is 4.79 Å². The molecule has 26 heavy (non-hydrogen) atoms. The summed E-state index contributed by atoms with van der Waals surface area (Å²) in [4.78, 5) is 28.3. The summed E-state index contributed by atoms with van der Waals surface area (Å²) in [5.41, 5.74) is 1.71. The quantitative estimate of drug-likeness (QED) is 0.901. The third-order valence-corrected chi connectivity index (χ3v) is 5.51. The van der Waals surface area contributed by atoms with Crippen LogP contribution < -0.4 is 5.32 Å². The second kappa shape index (κ2) is 6.65. The first-order valence-electron chi connectivity index (χ1n) is 8.97. The standard InChI is InChI=1S/C21H21FN2O2/c1-24-11-9-13(10-12-24)20(25)19-14-5-2-3-8-17(14)23-21(26)15-6-4-7-16(22)18(15)19/h2-8,13,19H,9-12H2,1H3,(H,23,26). The molecule has 0 aromatic heterocycles. The maximum atomic E-state index is 14.8. The molecule has 2 heterocycles. The van der Waals surface area contributed by atoms with E-state index in [0.717, 1.165) is 25.9 Å². The van der Waals surface area contributed by atoms with E-state index in [1.54, 1.807) is 12.1 Å². The van der Waals surface area contributed by atoms with Gasteiger partial charge >= 0.3 is 0 Å². The van der Waals surface area contributed by atoms with E-state index in [2.05, 4.69) is 10.2 Å². The normalized spacial score (nSPS) is 20.7. The number of ketones is 1. The van der Waals surface area contributed by atoms with Crippen molar-refractivity contribution >= 4 is 17.4 Å². The number of hydrogen-bond acceptors (Lipinski definition) is 3. The van der Waals surface area contributed by atoms with Gasteiger partial charge in [-0.15, -0.1) is 0 Å². The van der Waals surface area contributed by atoms with Crippen LogP contribution in [0.15, 0.2) is 42.5 Å².